The summed E-state index contributed by atoms with van der Waals surface area (Å²) >= 11 is 5.94. The highest BCUT2D eigenvalue weighted by Crippen LogP contribution is 2.18. The number of hydrogen-bond donors (Lipinski definition) is 1. The highest BCUT2D eigenvalue weighted by molar-refractivity contribution is 6.29. The fourth-order valence-electron chi connectivity index (χ4n) is 1.45. The average Bonchev–Trinajstić information content (AvgIpc) is 2.93. The summed E-state index contributed by atoms with van der Waals surface area (Å²) < 4.78 is 1.61. The highest BCUT2D eigenvalue weighted by atomic mass is 35.5. The van der Waals surface area contributed by atoms with Gasteiger partial charge in [-0.3, -0.25) is 4.99 Å². The van der Waals surface area contributed by atoms with Crippen molar-refractivity contribution < 1.29 is 0 Å². The molecular weight excluding hydrogens is 274 g/mol. The summed E-state index contributed by atoms with van der Waals surface area (Å²) in [7, 11) is 1.70. The van der Waals surface area contributed by atoms with Gasteiger partial charge in [-0.15, -0.1) is 0 Å². The summed E-state index contributed by atoms with van der Waals surface area (Å²) in [6, 6.07) is 1.71. The van der Waals surface area contributed by atoms with Crippen LogP contribution in [0.1, 0.15) is 13.8 Å². The van der Waals surface area contributed by atoms with Gasteiger partial charge in [0.05, 0.1) is 5.69 Å². The molecule has 0 saturated heterocycles. The minimum absolute atomic E-state index is 0.381. The maximum Gasteiger partial charge on any atom is 0.177 e. The molecule has 0 fully saturated rings. The van der Waals surface area contributed by atoms with E-state index < -0.39 is 0 Å². The maximum atomic E-state index is 5.94. The number of aromatic nitrogens is 3. The Bertz CT molecular complexity index is 628. The average molecular weight is 292 g/mol. The second-order valence-electron chi connectivity index (χ2n) is 3.40. The summed E-state index contributed by atoms with van der Waals surface area (Å²) in [5.41, 5.74) is 1.43. The Labute approximate surface area is 123 Å². The maximum absolute atomic E-state index is 5.94. The molecule has 0 aliphatic rings. The molecule has 5 nitrogen and oxygen atoms in total. The molecule has 2 aromatic rings. The molecule has 0 radical (unpaired) electrons. The molecule has 0 spiro atoms. The first-order chi connectivity index (χ1) is 9.74. The third kappa shape index (κ3) is 3.93. The molecular formula is C14H18ClN5. The van der Waals surface area contributed by atoms with Gasteiger partial charge >= 0.3 is 0 Å². The Morgan fingerprint density at radius 1 is 1.50 bits per heavy atom. The summed E-state index contributed by atoms with van der Waals surface area (Å²) in [6.45, 7) is 7.61. The summed E-state index contributed by atoms with van der Waals surface area (Å²) in [4.78, 5) is 8.32. The molecule has 0 aromatic carbocycles. The second kappa shape index (κ2) is 8.12. The molecule has 106 valence electrons. The third-order valence-corrected chi connectivity index (χ3v) is 2.41. The molecule has 2 rings (SSSR count). The first kappa shape index (κ1) is 15.9. The van der Waals surface area contributed by atoms with Gasteiger partial charge in [-0.2, -0.15) is 5.10 Å². The van der Waals surface area contributed by atoms with Crippen LogP contribution in [0.4, 0.5) is 5.69 Å². The molecule has 0 aliphatic heterocycles. The second-order valence-corrected chi connectivity index (χ2v) is 3.79. The molecule has 2 heterocycles. The number of imidazole rings is 1. The van der Waals surface area contributed by atoms with Crippen LogP contribution in [0.25, 0.3) is 5.65 Å². The Balaban J connectivity index is 0.000000956. The molecule has 6 heteroatoms. The van der Waals surface area contributed by atoms with Crippen LogP contribution < -0.4 is 5.32 Å². The van der Waals surface area contributed by atoms with Gasteiger partial charge in [0.25, 0.3) is 0 Å². The molecule has 20 heavy (non-hydrogen) atoms. The van der Waals surface area contributed by atoms with E-state index in [1.165, 1.54) is 0 Å². The quantitative estimate of drug-likeness (QED) is 0.534. The van der Waals surface area contributed by atoms with E-state index in [1.807, 2.05) is 13.8 Å². The van der Waals surface area contributed by atoms with Crippen molar-refractivity contribution in [2.24, 2.45) is 4.99 Å². The van der Waals surface area contributed by atoms with Crippen molar-refractivity contribution in [1.29, 1.82) is 0 Å². The monoisotopic (exact) mass is 291 g/mol. The standard InChI is InChI=1S/C12H12ClN5.C2H6/c1-3-4-5-11(14-2)16-9-8-10(13)17-18-7-6-15-12(9)18;1-2/h3-8H,1H2,2H3,(H,14,16);1-2H3/b5-4-;. The lowest BCUT2D eigenvalue weighted by Crippen LogP contribution is -2.10. The lowest BCUT2D eigenvalue weighted by molar-refractivity contribution is 0.938. The van der Waals surface area contributed by atoms with Gasteiger partial charge in [-0.05, 0) is 6.08 Å². The van der Waals surface area contributed by atoms with Crippen molar-refractivity contribution >= 4 is 28.8 Å². The fraction of sp³-hybridized carbons (Fsp3) is 0.214. The molecule has 0 saturated carbocycles. The van der Waals surface area contributed by atoms with E-state index >= 15 is 0 Å². The zero-order valence-electron chi connectivity index (χ0n) is 11.8. The van der Waals surface area contributed by atoms with E-state index in [0.29, 0.717) is 16.6 Å². The molecule has 0 amide bonds. The minimum atomic E-state index is 0.381. The predicted molar refractivity (Wildman–Crippen MR) is 85.7 cm³/mol. The van der Waals surface area contributed by atoms with Crippen LogP contribution in [-0.4, -0.2) is 27.5 Å². The zero-order chi connectivity index (χ0) is 15.0. The van der Waals surface area contributed by atoms with E-state index in [2.05, 4.69) is 27.0 Å². The van der Waals surface area contributed by atoms with Gasteiger partial charge in [-0.25, -0.2) is 9.50 Å². The highest BCUT2D eigenvalue weighted by Gasteiger charge is 2.06. The lowest BCUT2D eigenvalue weighted by atomic mass is 10.4. The number of rotatable bonds is 3. The first-order valence-corrected chi connectivity index (χ1v) is 6.65. The largest absolute Gasteiger partial charge is 0.337 e. The van der Waals surface area contributed by atoms with Crippen molar-refractivity contribution in [1.82, 2.24) is 14.6 Å². The number of anilines is 1. The number of halogens is 1. The van der Waals surface area contributed by atoms with Crippen LogP contribution >= 0.6 is 11.6 Å². The molecule has 0 atom stereocenters. The van der Waals surface area contributed by atoms with E-state index in [4.69, 9.17) is 11.6 Å². The Hall–Kier alpha value is -2.14. The SMILES string of the molecule is C=C/C=C\C(=NC)Nc1cc(Cl)nn2ccnc12.CC. The number of nitrogens with one attached hydrogen (secondary N) is 1. The van der Waals surface area contributed by atoms with Gasteiger partial charge in [0.15, 0.2) is 10.8 Å². The van der Waals surface area contributed by atoms with Crippen LogP contribution in [0, 0.1) is 0 Å². The van der Waals surface area contributed by atoms with Gasteiger partial charge in [0.2, 0.25) is 0 Å². The number of hydrogen-bond acceptors (Lipinski definition) is 3. The molecule has 1 N–H and O–H groups in total. The normalized spacial score (nSPS) is 11.3. The van der Waals surface area contributed by atoms with Crippen molar-refractivity contribution in [2.75, 3.05) is 12.4 Å². The summed E-state index contributed by atoms with van der Waals surface area (Å²) in [5, 5.41) is 7.62. The van der Waals surface area contributed by atoms with E-state index in [1.54, 1.807) is 48.3 Å². The zero-order valence-corrected chi connectivity index (χ0v) is 12.6. The number of amidine groups is 1. The fourth-order valence-corrected chi connectivity index (χ4v) is 1.64. The van der Waals surface area contributed by atoms with Crippen LogP contribution in [0.5, 0.6) is 0 Å². The van der Waals surface area contributed by atoms with E-state index in [9.17, 15) is 0 Å². The number of nitrogens with zero attached hydrogens (tertiary/aromatic N) is 4. The molecule has 0 unspecified atom stereocenters. The summed E-state index contributed by atoms with van der Waals surface area (Å²) in [6.07, 6.45) is 8.67. The van der Waals surface area contributed by atoms with Crippen molar-refractivity contribution in [3.05, 3.63) is 48.4 Å². The van der Waals surface area contributed by atoms with Gasteiger partial charge in [0.1, 0.15) is 5.84 Å². The smallest absolute Gasteiger partial charge is 0.177 e. The molecule has 0 aliphatic carbocycles. The van der Waals surface area contributed by atoms with Gasteiger partial charge < -0.3 is 5.32 Å². The Morgan fingerprint density at radius 2 is 2.25 bits per heavy atom. The van der Waals surface area contributed by atoms with Gasteiger partial charge in [0, 0.05) is 25.5 Å². The summed E-state index contributed by atoms with van der Waals surface area (Å²) in [5.74, 6) is 0.682. The van der Waals surface area contributed by atoms with E-state index in [-0.39, 0.29) is 0 Å². The van der Waals surface area contributed by atoms with Crippen LogP contribution in [0.15, 0.2) is 48.3 Å². The van der Waals surface area contributed by atoms with Crippen molar-refractivity contribution in [2.45, 2.75) is 13.8 Å². The number of fused-ring (bicyclic) bond motifs is 1. The van der Waals surface area contributed by atoms with Crippen LogP contribution in [0.3, 0.4) is 0 Å². The number of allylic oxidation sites excluding steroid dienone is 2. The number of aliphatic imine (C=N–C) groups is 1. The first-order valence-electron chi connectivity index (χ1n) is 6.27. The molecule has 0 bridgehead atoms. The Kier molecular flexibility index (Phi) is 6.46. The van der Waals surface area contributed by atoms with Crippen LogP contribution in [-0.2, 0) is 0 Å². The minimum Gasteiger partial charge on any atom is -0.337 e. The van der Waals surface area contributed by atoms with Crippen molar-refractivity contribution in [3.8, 4) is 0 Å². The third-order valence-electron chi connectivity index (χ3n) is 2.22. The molecule has 2 aromatic heterocycles. The predicted octanol–water partition coefficient (Wildman–Crippen LogP) is 3.59. The van der Waals surface area contributed by atoms with Crippen molar-refractivity contribution in [3.63, 3.8) is 0 Å². The van der Waals surface area contributed by atoms with Gasteiger partial charge in [-0.1, -0.05) is 44.2 Å². The Morgan fingerprint density at radius 3 is 2.90 bits per heavy atom. The van der Waals surface area contributed by atoms with Crippen LogP contribution in [0.2, 0.25) is 5.15 Å². The lowest BCUT2D eigenvalue weighted by Gasteiger charge is -2.07. The topological polar surface area (TPSA) is 54.6 Å². The van der Waals surface area contributed by atoms with E-state index in [0.717, 1.165) is 5.69 Å².